The van der Waals surface area contributed by atoms with Gasteiger partial charge in [-0.2, -0.15) is 0 Å². The molecule has 0 aromatic carbocycles. The number of esters is 1. The maximum Gasteiger partial charge on any atom is 0.309 e. The highest BCUT2D eigenvalue weighted by molar-refractivity contribution is 5.77. The SMILES string of the molecule is CCOC(=O)C1CCN(C(=O)CC(C)CN)CC1. The fourth-order valence-electron chi connectivity index (χ4n) is 2.14. The first-order chi connectivity index (χ1) is 8.58. The van der Waals surface area contributed by atoms with Gasteiger partial charge in [0.25, 0.3) is 0 Å². The van der Waals surface area contributed by atoms with Gasteiger partial charge >= 0.3 is 5.97 Å². The molecular weight excluding hydrogens is 232 g/mol. The van der Waals surface area contributed by atoms with Crippen LogP contribution in [0, 0.1) is 11.8 Å². The minimum atomic E-state index is -0.125. The Kier molecular flexibility index (Phi) is 6.12. The van der Waals surface area contributed by atoms with Crippen molar-refractivity contribution in [3.05, 3.63) is 0 Å². The molecule has 0 aromatic rings. The molecule has 1 rings (SSSR count). The lowest BCUT2D eigenvalue weighted by atomic mass is 9.96. The molecule has 0 bridgehead atoms. The molecule has 18 heavy (non-hydrogen) atoms. The van der Waals surface area contributed by atoms with Gasteiger partial charge in [-0.3, -0.25) is 9.59 Å². The van der Waals surface area contributed by atoms with Crippen LogP contribution in [0.1, 0.15) is 33.1 Å². The molecule has 0 saturated carbocycles. The zero-order valence-electron chi connectivity index (χ0n) is 11.4. The molecule has 104 valence electrons. The molecule has 0 aromatic heterocycles. The van der Waals surface area contributed by atoms with E-state index in [1.807, 2.05) is 18.7 Å². The zero-order valence-corrected chi connectivity index (χ0v) is 11.4. The number of hydrogen-bond donors (Lipinski definition) is 1. The quantitative estimate of drug-likeness (QED) is 0.738. The summed E-state index contributed by atoms with van der Waals surface area (Å²) in [5.41, 5.74) is 5.51. The molecule has 1 fully saturated rings. The van der Waals surface area contributed by atoms with E-state index in [1.165, 1.54) is 0 Å². The fourth-order valence-corrected chi connectivity index (χ4v) is 2.14. The van der Waals surface area contributed by atoms with Gasteiger partial charge in [0, 0.05) is 19.5 Å². The first kappa shape index (κ1) is 15.0. The minimum Gasteiger partial charge on any atom is -0.466 e. The highest BCUT2D eigenvalue weighted by atomic mass is 16.5. The molecule has 1 aliphatic heterocycles. The predicted molar refractivity (Wildman–Crippen MR) is 68.8 cm³/mol. The smallest absolute Gasteiger partial charge is 0.309 e. The summed E-state index contributed by atoms with van der Waals surface area (Å²) < 4.78 is 5.00. The van der Waals surface area contributed by atoms with E-state index in [2.05, 4.69) is 0 Å². The van der Waals surface area contributed by atoms with Gasteiger partial charge in [0.1, 0.15) is 0 Å². The third-order valence-corrected chi connectivity index (χ3v) is 3.39. The molecule has 5 heteroatoms. The van der Waals surface area contributed by atoms with Crippen molar-refractivity contribution in [2.45, 2.75) is 33.1 Å². The molecule has 1 unspecified atom stereocenters. The van der Waals surface area contributed by atoms with Gasteiger partial charge in [0.2, 0.25) is 5.91 Å². The van der Waals surface area contributed by atoms with Crippen LogP contribution in [0.25, 0.3) is 0 Å². The molecular formula is C13H24N2O3. The second-order valence-electron chi connectivity index (χ2n) is 4.95. The van der Waals surface area contributed by atoms with E-state index in [-0.39, 0.29) is 23.7 Å². The van der Waals surface area contributed by atoms with Crippen molar-refractivity contribution < 1.29 is 14.3 Å². The highest BCUT2D eigenvalue weighted by Gasteiger charge is 2.28. The standard InChI is InChI=1S/C13H24N2O3/c1-3-18-13(17)11-4-6-15(7-5-11)12(16)8-10(2)9-14/h10-11H,3-9,14H2,1-2H3. The number of rotatable bonds is 5. The van der Waals surface area contributed by atoms with Crippen molar-refractivity contribution in [2.24, 2.45) is 17.6 Å². The number of carbonyl (C=O) groups excluding carboxylic acids is 2. The molecule has 0 aliphatic carbocycles. The molecule has 1 heterocycles. The molecule has 2 N–H and O–H groups in total. The zero-order chi connectivity index (χ0) is 13.5. The van der Waals surface area contributed by atoms with Crippen LogP contribution < -0.4 is 5.73 Å². The Morgan fingerprint density at radius 1 is 1.39 bits per heavy atom. The lowest BCUT2D eigenvalue weighted by molar-refractivity contribution is -0.151. The van der Waals surface area contributed by atoms with Gasteiger partial charge in [-0.25, -0.2) is 0 Å². The van der Waals surface area contributed by atoms with E-state index >= 15 is 0 Å². The summed E-state index contributed by atoms with van der Waals surface area (Å²) in [6, 6.07) is 0. The summed E-state index contributed by atoms with van der Waals surface area (Å²) in [4.78, 5) is 25.3. The Labute approximate surface area is 109 Å². The largest absolute Gasteiger partial charge is 0.466 e. The highest BCUT2D eigenvalue weighted by Crippen LogP contribution is 2.19. The Morgan fingerprint density at radius 2 is 2.00 bits per heavy atom. The summed E-state index contributed by atoms with van der Waals surface area (Å²) >= 11 is 0. The Morgan fingerprint density at radius 3 is 2.50 bits per heavy atom. The van der Waals surface area contributed by atoms with Crippen molar-refractivity contribution >= 4 is 11.9 Å². The van der Waals surface area contributed by atoms with Gasteiger partial charge in [-0.15, -0.1) is 0 Å². The first-order valence-electron chi connectivity index (χ1n) is 6.73. The average molecular weight is 256 g/mol. The second-order valence-corrected chi connectivity index (χ2v) is 4.95. The number of hydrogen-bond acceptors (Lipinski definition) is 4. The molecule has 1 aliphatic rings. The van der Waals surface area contributed by atoms with E-state index in [0.29, 0.717) is 45.5 Å². The van der Waals surface area contributed by atoms with Crippen molar-refractivity contribution in [2.75, 3.05) is 26.2 Å². The maximum atomic E-state index is 11.9. The van der Waals surface area contributed by atoms with Crippen molar-refractivity contribution in [1.29, 1.82) is 0 Å². The van der Waals surface area contributed by atoms with Crippen LogP contribution in [0.5, 0.6) is 0 Å². The summed E-state index contributed by atoms with van der Waals surface area (Å²) in [7, 11) is 0. The lowest BCUT2D eigenvalue weighted by Gasteiger charge is -2.31. The third-order valence-electron chi connectivity index (χ3n) is 3.39. The number of likely N-dealkylation sites (tertiary alicyclic amines) is 1. The summed E-state index contributed by atoms with van der Waals surface area (Å²) in [5.74, 6) is 0.205. The molecule has 1 saturated heterocycles. The molecule has 5 nitrogen and oxygen atoms in total. The summed E-state index contributed by atoms with van der Waals surface area (Å²) in [5, 5.41) is 0. The Hall–Kier alpha value is -1.10. The van der Waals surface area contributed by atoms with Crippen LogP contribution >= 0.6 is 0 Å². The van der Waals surface area contributed by atoms with Crippen LogP contribution in [0.15, 0.2) is 0 Å². The van der Waals surface area contributed by atoms with E-state index in [4.69, 9.17) is 10.5 Å². The molecule has 0 radical (unpaired) electrons. The van der Waals surface area contributed by atoms with Crippen molar-refractivity contribution in [3.63, 3.8) is 0 Å². The normalized spacial score (nSPS) is 18.5. The number of piperidine rings is 1. The number of amides is 1. The monoisotopic (exact) mass is 256 g/mol. The van der Waals surface area contributed by atoms with E-state index in [0.717, 1.165) is 0 Å². The van der Waals surface area contributed by atoms with Crippen LogP contribution in [0.3, 0.4) is 0 Å². The fraction of sp³-hybridized carbons (Fsp3) is 0.846. The number of ether oxygens (including phenoxy) is 1. The molecule has 1 amide bonds. The average Bonchev–Trinajstić information content (AvgIpc) is 2.39. The number of carbonyl (C=O) groups is 2. The molecule has 1 atom stereocenters. The van der Waals surface area contributed by atoms with E-state index in [9.17, 15) is 9.59 Å². The van der Waals surface area contributed by atoms with Crippen LogP contribution in [0.2, 0.25) is 0 Å². The number of nitrogens with zero attached hydrogens (tertiary/aromatic N) is 1. The molecule has 0 spiro atoms. The van der Waals surface area contributed by atoms with E-state index in [1.54, 1.807) is 0 Å². The van der Waals surface area contributed by atoms with Gasteiger partial charge in [-0.1, -0.05) is 6.92 Å². The third kappa shape index (κ3) is 4.29. The van der Waals surface area contributed by atoms with Gasteiger partial charge in [-0.05, 0) is 32.2 Å². The van der Waals surface area contributed by atoms with Crippen LogP contribution in [-0.4, -0.2) is 43.0 Å². The van der Waals surface area contributed by atoms with Crippen molar-refractivity contribution in [3.8, 4) is 0 Å². The second kappa shape index (κ2) is 7.36. The van der Waals surface area contributed by atoms with Gasteiger partial charge in [0.05, 0.1) is 12.5 Å². The summed E-state index contributed by atoms with van der Waals surface area (Å²) in [6.45, 7) is 6.05. The Bertz CT molecular complexity index is 286. The predicted octanol–water partition coefficient (Wildman–Crippen LogP) is 0.773. The van der Waals surface area contributed by atoms with Gasteiger partial charge < -0.3 is 15.4 Å². The number of nitrogens with two attached hydrogens (primary N) is 1. The lowest BCUT2D eigenvalue weighted by Crippen LogP contribution is -2.41. The van der Waals surface area contributed by atoms with Crippen molar-refractivity contribution in [1.82, 2.24) is 4.90 Å². The first-order valence-corrected chi connectivity index (χ1v) is 6.73. The topological polar surface area (TPSA) is 72.6 Å². The minimum absolute atomic E-state index is 0.0408. The summed E-state index contributed by atoms with van der Waals surface area (Å²) in [6.07, 6.45) is 1.92. The maximum absolute atomic E-state index is 11.9. The van der Waals surface area contributed by atoms with Gasteiger partial charge in [0.15, 0.2) is 0 Å². The van der Waals surface area contributed by atoms with Crippen LogP contribution in [-0.2, 0) is 14.3 Å². The van der Waals surface area contributed by atoms with Crippen LogP contribution in [0.4, 0.5) is 0 Å². The Balaban J connectivity index is 2.34. The van der Waals surface area contributed by atoms with E-state index < -0.39 is 0 Å².